The van der Waals surface area contributed by atoms with E-state index in [0.717, 1.165) is 0 Å². The summed E-state index contributed by atoms with van der Waals surface area (Å²) in [4.78, 5) is 10.5. The first-order valence-electron chi connectivity index (χ1n) is 2.33. The van der Waals surface area contributed by atoms with E-state index >= 15 is 0 Å². The lowest BCUT2D eigenvalue weighted by Crippen LogP contribution is -1.96. The van der Waals surface area contributed by atoms with Gasteiger partial charge in [-0.3, -0.25) is 9.96 Å². The number of rotatable bonds is 3. The van der Waals surface area contributed by atoms with E-state index in [1.54, 1.807) is 0 Å². The fourth-order valence-electron chi connectivity index (χ4n) is 0.332. The van der Waals surface area contributed by atoms with E-state index in [2.05, 4.69) is 9.05 Å². The van der Waals surface area contributed by atoms with Gasteiger partial charge in [-0.2, -0.15) is 0 Å². The second-order valence-electron chi connectivity index (χ2n) is 1.44. The average molecular weight is 151 g/mol. The van der Waals surface area contributed by atoms with Crippen LogP contribution < -0.4 is 0 Å². The monoisotopic (exact) mass is 151 g/mol. The molecule has 0 aromatic heterocycles. The minimum absolute atomic E-state index is 0.354. The van der Waals surface area contributed by atoms with Crippen molar-refractivity contribution in [2.45, 2.75) is 6.92 Å². The Morgan fingerprint density at radius 3 is 1.78 bits per heavy atom. The molecule has 4 nitrogen and oxygen atoms in total. The summed E-state index contributed by atoms with van der Waals surface area (Å²) in [5.41, 5.74) is -0.354. The summed E-state index contributed by atoms with van der Waals surface area (Å²) in [6.45, 7) is 1.29. The van der Waals surface area contributed by atoms with Gasteiger partial charge in [0.25, 0.3) is 7.51 Å². The Balaban J connectivity index is 4.30. The molecule has 0 heterocycles. The van der Waals surface area contributed by atoms with Gasteiger partial charge in [-0.25, -0.2) is 0 Å². The van der Waals surface area contributed by atoms with E-state index in [1.165, 1.54) is 21.1 Å². The summed E-state index contributed by atoms with van der Waals surface area (Å²) in [5, 5.41) is 7.19. The molecule has 0 aliphatic carbocycles. The highest BCUT2D eigenvalue weighted by Gasteiger charge is 2.21. The summed E-state index contributed by atoms with van der Waals surface area (Å²) in [6, 6.07) is 0. The van der Waals surface area contributed by atoms with Gasteiger partial charge in [0.05, 0.1) is 0 Å². The third-order valence-electron chi connectivity index (χ3n) is 0.929. The smallest absolute Gasteiger partial charge is 0.276 e. The molecule has 1 N–H and O–H groups in total. The predicted molar refractivity (Wildman–Crippen MR) is 34.3 cm³/mol. The highest BCUT2D eigenvalue weighted by molar-refractivity contribution is 7.72. The van der Waals surface area contributed by atoms with Crippen molar-refractivity contribution in [3.63, 3.8) is 0 Å². The highest BCUT2D eigenvalue weighted by Crippen LogP contribution is 2.47. The number of hydrogen-bond donors (Lipinski definition) is 1. The molecule has 0 fully saturated rings. The van der Waals surface area contributed by atoms with Crippen LogP contribution in [0.4, 0.5) is 0 Å². The second kappa shape index (κ2) is 3.11. The van der Waals surface area contributed by atoms with Crippen LogP contribution in [0, 0.1) is 5.16 Å². The lowest BCUT2D eigenvalue weighted by Gasteiger charge is -2.12. The van der Waals surface area contributed by atoms with Gasteiger partial charge in [0.2, 0.25) is 5.52 Å². The molecule has 54 valence electrons. The summed E-state index contributed by atoms with van der Waals surface area (Å²) >= 11 is 0. The molecule has 0 aliphatic rings. The van der Waals surface area contributed by atoms with Crippen LogP contribution >= 0.6 is 7.51 Å². The molecule has 0 saturated carbocycles. The van der Waals surface area contributed by atoms with Crippen LogP contribution in [0.25, 0.3) is 0 Å². The minimum atomic E-state index is -2.89. The molecule has 0 unspecified atom stereocenters. The van der Waals surface area contributed by atoms with Crippen LogP contribution in [0.3, 0.4) is 0 Å². The van der Waals surface area contributed by atoms with E-state index in [-0.39, 0.29) is 5.52 Å². The third-order valence-corrected chi connectivity index (χ3v) is 2.79. The molecular weight excluding hydrogens is 141 g/mol. The van der Waals surface area contributed by atoms with E-state index in [4.69, 9.17) is 5.16 Å². The molecular formula is C4H10NO3P. The van der Waals surface area contributed by atoms with Crippen LogP contribution in [0.1, 0.15) is 6.92 Å². The topological polar surface area (TPSA) is 59.4 Å². The van der Waals surface area contributed by atoms with Gasteiger partial charge < -0.3 is 9.05 Å². The Labute approximate surface area is 54.2 Å². The lowest BCUT2D eigenvalue weighted by atomic mass is 10.9. The van der Waals surface area contributed by atoms with E-state index in [1.807, 2.05) is 0 Å². The van der Waals surface area contributed by atoms with Gasteiger partial charge in [-0.15, -0.1) is 0 Å². The highest BCUT2D eigenvalue weighted by atomic mass is 31.2. The molecule has 0 aromatic carbocycles. The van der Waals surface area contributed by atoms with Crippen molar-refractivity contribution in [2.24, 2.45) is 0 Å². The van der Waals surface area contributed by atoms with Gasteiger partial charge in [0.1, 0.15) is 0 Å². The zero-order valence-electron chi connectivity index (χ0n) is 5.67. The number of nitrogens with one attached hydrogen (secondary N) is 1. The molecule has 0 aromatic rings. The van der Waals surface area contributed by atoms with Crippen molar-refractivity contribution < 1.29 is 13.8 Å². The Hall–Kier alpha value is -0.180. The van der Waals surface area contributed by atoms with E-state index in [0.29, 0.717) is 0 Å². The standard InChI is InChI=1S/C4H10NO3P/c1-4(6)9(5,7-2)8-3/h5H,1-3H3. The molecule has 0 atom stereocenters. The Morgan fingerprint density at radius 2 is 1.78 bits per heavy atom. The maximum Gasteiger partial charge on any atom is 0.276 e. The Kier molecular flexibility index (Phi) is 3.04. The molecule has 0 saturated heterocycles. The molecule has 0 rings (SSSR count). The van der Waals surface area contributed by atoms with Crippen molar-refractivity contribution in [2.75, 3.05) is 14.2 Å². The molecule has 0 bridgehead atoms. The molecule has 9 heavy (non-hydrogen) atoms. The summed E-state index contributed by atoms with van der Waals surface area (Å²) < 4.78 is 9.11. The third kappa shape index (κ3) is 1.90. The van der Waals surface area contributed by atoms with Gasteiger partial charge >= 0.3 is 0 Å². The van der Waals surface area contributed by atoms with Crippen molar-refractivity contribution in [1.82, 2.24) is 0 Å². The molecule has 0 amide bonds. The molecule has 0 aliphatic heterocycles. The fraction of sp³-hybridized carbons (Fsp3) is 0.750. The SMILES string of the molecule is COP(=N)(OC)C(C)=O. The van der Waals surface area contributed by atoms with Crippen molar-refractivity contribution in [1.29, 1.82) is 5.16 Å². The zero-order valence-corrected chi connectivity index (χ0v) is 6.57. The number of carbonyl (C=O) groups is 1. The predicted octanol–water partition coefficient (Wildman–Crippen LogP) is 1.44. The van der Waals surface area contributed by atoms with Gasteiger partial charge in [0, 0.05) is 21.1 Å². The number of carbonyl (C=O) groups excluding carboxylic acids is 1. The van der Waals surface area contributed by atoms with Crippen molar-refractivity contribution >= 4 is 13.0 Å². The Morgan fingerprint density at radius 1 is 1.44 bits per heavy atom. The largest absolute Gasteiger partial charge is 0.322 e. The average Bonchev–Trinajstić information content (AvgIpc) is 1.86. The summed E-state index contributed by atoms with van der Waals surface area (Å²) in [7, 11) is -0.297. The lowest BCUT2D eigenvalue weighted by molar-refractivity contribution is -0.111. The Bertz CT molecular complexity index is 148. The fourth-order valence-corrected chi connectivity index (χ4v) is 0.995. The molecule has 0 radical (unpaired) electrons. The van der Waals surface area contributed by atoms with Crippen molar-refractivity contribution in [3.05, 3.63) is 0 Å². The summed E-state index contributed by atoms with van der Waals surface area (Å²) in [5.74, 6) is 0. The maximum absolute atomic E-state index is 10.5. The first kappa shape index (κ1) is 8.82. The van der Waals surface area contributed by atoms with Crippen LogP contribution in [0.5, 0.6) is 0 Å². The van der Waals surface area contributed by atoms with E-state index < -0.39 is 7.51 Å². The van der Waals surface area contributed by atoms with E-state index in [9.17, 15) is 4.79 Å². The maximum atomic E-state index is 10.5. The quantitative estimate of drug-likeness (QED) is 0.620. The van der Waals surface area contributed by atoms with Crippen LogP contribution in [-0.4, -0.2) is 19.7 Å². The normalized spacial score (nSPS) is 11.4. The van der Waals surface area contributed by atoms with Gasteiger partial charge in [0.15, 0.2) is 0 Å². The van der Waals surface area contributed by atoms with Crippen LogP contribution in [-0.2, 0) is 13.8 Å². The van der Waals surface area contributed by atoms with Crippen LogP contribution in [0.2, 0.25) is 0 Å². The van der Waals surface area contributed by atoms with Crippen LogP contribution in [0.15, 0.2) is 0 Å². The first-order valence-corrected chi connectivity index (χ1v) is 3.96. The second-order valence-corrected chi connectivity index (χ2v) is 3.90. The first-order chi connectivity index (χ1) is 4.06. The van der Waals surface area contributed by atoms with Crippen molar-refractivity contribution in [3.8, 4) is 0 Å². The summed E-state index contributed by atoms with van der Waals surface area (Å²) in [6.07, 6.45) is 0. The minimum Gasteiger partial charge on any atom is -0.322 e. The van der Waals surface area contributed by atoms with Gasteiger partial charge in [-0.05, 0) is 0 Å². The molecule has 0 spiro atoms. The van der Waals surface area contributed by atoms with Gasteiger partial charge in [-0.1, -0.05) is 0 Å². The number of hydrogen-bond acceptors (Lipinski definition) is 4. The zero-order chi connectivity index (χ0) is 7.49. The molecule has 5 heteroatoms.